The number of hydrogen-bond donors (Lipinski definition) is 3. The first-order valence-corrected chi connectivity index (χ1v) is 6.40. The molecule has 0 saturated heterocycles. The van der Waals surface area contributed by atoms with Gasteiger partial charge in [-0.1, -0.05) is 12.1 Å². The van der Waals surface area contributed by atoms with Crippen LogP contribution in [0.2, 0.25) is 0 Å². The molecule has 0 bridgehead atoms. The summed E-state index contributed by atoms with van der Waals surface area (Å²) in [4.78, 5) is 22.8. The molecular weight excluding hydrogens is 309 g/mol. The van der Waals surface area contributed by atoms with Gasteiger partial charge in [0.2, 0.25) is 11.8 Å². The number of ether oxygens (including phenoxy) is 1. The maximum Gasteiger partial charge on any atom is 0.573 e. The van der Waals surface area contributed by atoms with Crippen LogP contribution in [0.5, 0.6) is 5.75 Å². The third-order valence-corrected chi connectivity index (χ3v) is 2.61. The van der Waals surface area contributed by atoms with Crippen molar-refractivity contribution < 1.29 is 27.5 Å². The molecule has 116 valence electrons. The number of nitrogens with one attached hydrogen (secondary N) is 2. The first-order valence-electron chi connectivity index (χ1n) is 5.76. The quantitative estimate of drug-likeness (QED) is 0.726. The second-order valence-corrected chi connectivity index (χ2v) is 4.33. The summed E-state index contributed by atoms with van der Waals surface area (Å²) >= 11 is 3.90. The van der Waals surface area contributed by atoms with E-state index >= 15 is 0 Å². The van der Waals surface area contributed by atoms with Crippen LogP contribution in [0.25, 0.3) is 0 Å². The number of alkyl halides is 3. The van der Waals surface area contributed by atoms with Gasteiger partial charge in [0.15, 0.2) is 5.75 Å². The maximum absolute atomic E-state index is 12.3. The molecule has 1 rings (SSSR count). The van der Waals surface area contributed by atoms with Crippen LogP contribution in [0, 0.1) is 0 Å². The summed E-state index contributed by atoms with van der Waals surface area (Å²) in [6.45, 7) is 1.21. The molecule has 0 aliphatic carbocycles. The highest BCUT2D eigenvalue weighted by Gasteiger charge is 2.32. The Kier molecular flexibility index (Phi) is 5.89. The van der Waals surface area contributed by atoms with Gasteiger partial charge >= 0.3 is 6.36 Å². The molecule has 0 fully saturated rings. The van der Waals surface area contributed by atoms with Gasteiger partial charge in [0.1, 0.15) is 6.04 Å². The molecule has 2 N–H and O–H groups in total. The van der Waals surface area contributed by atoms with Crippen molar-refractivity contribution in [2.24, 2.45) is 0 Å². The molecule has 1 atom stereocenters. The lowest BCUT2D eigenvalue weighted by Crippen LogP contribution is -2.44. The summed E-state index contributed by atoms with van der Waals surface area (Å²) in [6, 6.07) is 4.12. The van der Waals surface area contributed by atoms with E-state index in [1.54, 1.807) is 0 Å². The molecule has 2 amide bonds. The van der Waals surface area contributed by atoms with Crippen molar-refractivity contribution in [3.05, 3.63) is 24.3 Å². The SMILES string of the molecule is CC(=O)NC(CS)C(=O)Nc1ccccc1OC(F)(F)F. The Hall–Kier alpha value is -1.90. The van der Waals surface area contributed by atoms with Crippen LogP contribution in [0.4, 0.5) is 18.9 Å². The zero-order chi connectivity index (χ0) is 16.0. The molecule has 9 heteroatoms. The van der Waals surface area contributed by atoms with Crippen LogP contribution in [-0.2, 0) is 9.59 Å². The van der Waals surface area contributed by atoms with Gasteiger partial charge in [0.05, 0.1) is 5.69 Å². The molecule has 0 aliphatic heterocycles. The molecule has 0 heterocycles. The summed E-state index contributed by atoms with van der Waals surface area (Å²) in [6.07, 6.45) is -4.87. The van der Waals surface area contributed by atoms with E-state index in [1.807, 2.05) is 0 Å². The number of benzene rings is 1. The smallest absolute Gasteiger partial charge is 0.404 e. The number of carbonyl (C=O) groups is 2. The fourth-order valence-corrected chi connectivity index (χ4v) is 1.70. The first-order chi connectivity index (χ1) is 9.73. The van der Waals surface area contributed by atoms with Crippen LogP contribution in [0.1, 0.15) is 6.92 Å². The number of rotatable bonds is 5. The van der Waals surface area contributed by atoms with Gasteiger partial charge in [-0.2, -0.15) is 12.6 Å². The van der Waals surface area contributed by atoms with Gasteiger partial charge in [-0.15, -0.1) is 13.2 Å². The Morgan fingerprint density at radius 1 is 1.33 bits per heavy atom. The van der Waals surface area contributed by atoms with Crippen LogP contribution >= 0.6 is 12.6 Å². The summed E-state index contributed by atoms with van der Waals surface area (Å²) in [5, 5.41) is 4.59. The summed E-state index contributed by atoms with van der Waals surface area (Å²) in [5.74, 6) is -1.70. The number of halogens is 3. The van der Waals surface area contributed by atoms with Crippen molar-refractivity contribution in [1.82, 2.24) is 5.32 Å². The Balaban J connectivity index is 2.87. The maximum atomic E-state index is 12.3. The van der Waals surface area contributed by atoms with Gasteiger partial charge in [0, 0.05) is 12.7 Å². The molecule has 5 nitrogen and oxygen atoms in total. The average molecular weight is 322 g/mol. The summed E-state index contributed by atoms with van der Waals surface area (Å²) in [7, 11) is 0. The molecule has 1 unspecified atom stereocenters. The minimum atomic E-state index is -4.87. The highest BCUT2D eigenvalue weighted by Crippen LogP contribution is 2.29. The predicted molar refractivity (Wildman–Crippen MR) is 73.2 cm³/mol. The lowest BCUT2D eigenvalue weighted by atomic mass is 10.2. The van der Waals surface area contributed by atoms with Crippen LogP contribution in [0.15, 0.2) is 24.3 Å². The average Bonchev–Trinajstić information content (AvgIpc) is 2.36. The minimum Gasteiger partial charge on any atom is -0.404 e. The third kappa shape index (κ3) is 5.94. The molecular formula is C12H13F3N2O3S. The van der Waals surface area contributed by atoms with Gasteiger partial charge in [-0.25, -0.2) is 0 Å². The normalized spacial score (nSPS) is 12.4. The predicted octanol–water partition coefficient (Wildman–Crippen LogP) is 1.96. The van der Waals surface area contributed by atoms with Crippen molar-refractivity contribution >= 4 is 30.1 Å². The number of carbonyl (C=O) groups excluding carboxylic acids is 2. The molecule has 0 saturated carbocycles. The Bertz CT molecular complexity index is 523. The van der Waals surface area contributed by atoms with E-state index in [0.29, 0.717) is 0 Å². The molecule has 1 aromatic carbocycles. The van der Waals surface area contributed by atoms with Crippen molar-refractivity contribution in [3.8, 4) is 5.75 Å². The fraction of sp³-hybridized carbons (Fsp3) is 0.333. The Morgan fingerprint density at radius 2 is 1.95 bits per heavy atom. The first kappa shape index (κ1) is 17.2. The van der Waals surface area contributed by atoms with Gasteiger partial charge < -0.3 is 15.4 Å². The Morgan fingerprint density at radius 3 is 2.48 bits per heavy atom. The topological polar surface area (TPSA) is 67.4 Å². The van der Waals surface area contributed by atoms with Gasteiger partial charge in [0.25, 0.3) is 0 Å². The van der Waals surface area contributed by atoms with Gasteiger partial charge in [-0.3, -0.25) is 9.59 Å². The van der Waals surface area contributed by atoms with Crippen molar-refractivity contribution in [3.63, 3.8) is 0 Å². The standard InChI is InChI=1S/C12H13F3N2O3S/c1-7(18)16-9(6-21)11(19)17-8-4-2-3-5-10(8)20-12(13,14)15/h2-5,9,21H,6H2,1H3,(H,16,18)(H,17,19). The van der Waals surface area contributed by atoms with E-state index in [2.05, 4.69) is 28.0 Å². The summed E-state index contributed by atoms with van der Waals surface area (Å²) in [5.41, 5.74) is -0.156. The highest BCUT2D eigenvalue weighted by atomic mass is 32.1. The number of anilines is 1. The van der Waals surface area contributed by atoms with Crippen LogP contribution in [0.3, 0.4) is 0 Å². The van der Waals surface area contributed by atoms with Crippen molar-refractivity contribution in [2.45, 2.75) is 19.3 Å². The largest absolute Gasteiger partial charge is 0.573 e. The van der Waals surface area contributed by atoms with Crippen molar-refractivity contribution in [1.29, 1.82) is 0 Å². The van der Waals surface area contributed by atoms with E-state index in [-0.39, 0.29) is 11.4 Å². The van der Waals surface area contributed by atoms with Gasteiger partial charge in [-0.05, 0) is 12.1 Å². The minimum absolute atomic E-state index is 0.00624. The molecule has 0 radical (unpaired) electrons. The summed E-state index contributed by atoms with van der Waals surface area (Å²) < 4.78 is 40.6. The lowest BCUT2D eigenvalue weighted by molar-refractivity contribution is -0.274. The Labute approximate surface area is 124 Å². The number of thiol groups is 1. The number of hydrogen-bond acceptors (Lipinski definition) is 4. The molecule has 21 heavy (non-hydrogen) atoms. The van der Waals surface area contributed by atoms with Crippen LogP contribution in [-0.4, -0.2) is 30.0 Å². The van der Waals surface area contributed by atoms with E-state index in [9.17, 15) is 22.8 Å². The fourth-order valence-electron chi connectivity index (χ4n) is 1.44. The molecule has 0 aromatic heterocycles. The molecule has 0 aliphatic rings. The van der Waals surface area contributed by atoms with E-state index in [1.165, 1.54) is 25.1 Å². The van der Waals surface area contributed by atoms with E-state index < -0.39 is 30.0 Å². The zero-order valence-corrected chi connectivity index (χ0v) is 11.8. The van der Waals surface area contributed by atoms with E-state index in [0.717, 1.165) is 6.07 Å². The third-order valence-electron chi connectivity index (χ3n) is 2.25. The van der Waals surface area contributed by atoms with Crippen LogP contribution < -0.4 is 15.4 Å². The lowest BCUT2D eigenvalue weighted by Gasteiger charge is -2.17. The second-order valence-electron chi connectivity index (χ2n) is 3.97. The zero-order valence-electron chi connectivity index (χ0n) is 10.9. The number of para-hydroxylation sites is 2. The van der Waals surface area contributed by atoms with Crippen molar-refractivity contribution in [2.75, 3.05) is 11.1 Å². The second kappa shape index (κ2) is 7.21. The molecule has 0 spiro atoms. The molecule has 1 aromatic rings. The van der Waals surface area contributed by atoms with E-state index in [4.69, 9.17) is 0 Å². The highest BCUT2D eigenvalue weighted by molar-refractivity contribution is 7.80. The number of amides is 2. The monoisotopic (exact) mass is 322 g/mol.